The Morgan fingerprint density at radius 3 is 0.581 bits per heavy atom. The van der Waals surface area contributed by atoms with Crippen LogP contribution in [0.25, 0.3) is 0 Å². The van der Waals surface area contributed by atoms with Gasteiger partial charge < -0.3 is 94.0 Å². The molecule has 4 aliphatic heterocycles. The molecule has 6 aliphatic rings. The second kappa shape index (κ2) is 45.0. The summed E-state index contributed by atoms with van der Waals surface area (Å²) in [5.41, 5.74) is 12.2. The van der Waals surface area contributed by atoms with Gasteiger partial charge in [-0.05, 0) is 100 Å². The fraction of sp³-hybridized carbons (Fsp3) is 0.333. The summed E-state index contributed by atoms with van der Waals surface area (Å²) in [6.07, 6.45) is 13.1. The highest BCUT2D eigenvalue weighted by Gasteiger charge is 2.43. The standard InChI is InChI=1S/C64H52N8O8.C44H56O20S4/c1-37-45-21-47-38(2)49-23-51-40(4)52-24-50-39(3)48-22-46(37)58-54(30-70-15-7-42(26-66)8-16-70)60(48)76-35-78-62(50)56(32-72-19-11-44(28-68)12-20-72)64(52)80-36-79-63(51)55(31-71-17-9-43(27-67)10-18-71)61(49)77-34-75-59(47)53(57(45)73-33-74-58)29-69-13-5-41(25-65)6-14-69;1-5-57-9-13-61-41-29-17-31-23-38(66(48,49)50)25-33(42(31)62-14-10-58-6-2)19-35-27-40(68(54,55)56)28-36(44(35)64-16-12-60-8-4)20-34-26-39(67(51,52)53)24-32(43(34)63-15-11-59-7-3)18-30(41)22-37(21-29)65(45,46)47/h5-24,37-40H,29-36H2,1-4H3;21-28H,5-20H2,1-4H3,(H,45,46,47)(H,48,49,50)(H,51,52,53)(H,54,55,56)/q+4;/p-4. The van der Waals surface area contributed by atoms with Crippen molar-refractivity contribution < 1.29 is 146 Å². The van der Waals surface area contributed by atoms with Crippen LogP contribution >= 0.6 is 0 Å². The van der Waals surface area contributed by atoms with E-state index in [1.165, 1.54) is 0 Å². The summed E-state index contributed by atoms with van der Waals surface area (Å²) in [5.74, 6) is 3.24. The minimum atomic E-state index is -5.30. The minimum Gasteiger partial charge on any atom is -0.744 e. The largest absolute Gasteiger partial charge is 0.744 e. The molecule has 18 rings (SSSR count). The molecule has 0 amide bonds. The zero-order valence-electron chi connectivity index (χ0n) is 82.1. The maximum Gasteiger partial charge on any atom is 0.230 e. The van der Waals surface area contributed by atoms with Gasteiger partial charge in [-0.15, -0.1) is 0 Å². The molecule has 0 unspecified atom stereocenters. The van der Waals surface area contributed by atoms with Crippen LogP contribution in [0.1, 0.15) is 213 Å². The van der Waals surface area contributed by atoms with Crippen LogP contribution < -0.4 is 75.1 Å². The molecule has 16 bridgehead atoms. The van der Waals surface area contributed by atoms with Gasteiger partial charge in [-0.1, -0.05) is 27.7 Å². The molecule has 0 atom stereocenters. The number of nitrogens with zero attached hydrogens (tertiary/aromatic N) is 8. The molecule has 0 radical (unpaired) electrons. The predicted octanol–water partition coefficient (Wildman–Crippen LogP) is 12.0. The number of hydrogen-bond acceptors (Lipinski definition) is 32. The lowest BCUT2D eigenvalue weighted by molar-refractivity contribution is -0.688. The highest BCUT2D eigenvalue weighted by Crippen LogP contribution is 2.57. The van der Waals surface area contributed by atoms with Crippen LogP contribution in [-0.2, 0) is 111 Å². The van der Waals surface area contributed by atoms with Gasteiger partial charge >= 0.3 is 0 Å². The topological polar surface area (TPSA) is 487 Å². The fourth-order valence-corrected chi connectivity index (χ4v) is 21.8. The molecular formula is C108H104N8O28S4. The van der Waals surface area contributed by atoms with Crippen molar-refractivity contribution in [3.63, 3.8) is 0 Å². The third-order valence-corrected chi connectivity index (χ3v) is 29.8. The molecule has 2 aliphatic carbocycles. The second-order valence-electron chi connectivity index (χ2n) is 35.8. The normalized spacial score (nSPS) is 15.6. The van der Waals surface area contributed by atoms with Gasteiger partial charge in [0.15, 0.2) is 75.8 Å². The average Bonchev–Trinajstić information content (AvgIpc) is 0.718. The fourth-order valence-electron chi connectivity index (χ4n) is 19.5. The Morgan fingerprint density at radius 2 is 0.439 bits per heavy atom. The van der Waals surface area contributed by atoms with E-state index in [0.29, 0.717) is 94.4 Å². The third-order valence-electron chi connectivity index (χ3n) is 26.6. The molecule has 0 spiro atoms. The van der Waals surface area contributed by atoms with Crippen LogP contribution in [0, 0.1) is 45.3 Å². The number of hydrogen-bond donors (Lipinski definition) is 0. The Labute approximate surface area is 856 Å². The van der Waals surface area contributed by atoms with Crippen molar-refractivity contribution in [2.45, 2.75) is 151 Å². The number of aromatic nitrogens is 4. The molecule has 0 fully saturated rings. The first-order valence-electron chi connectivity index (χ1n) is 47.9. The Hall–Kier alpha value is -14.6. The summed E-state index contributed by atoms with van der Waals surface area (Å²) in [6, 6.07) is 40.2. The van der Waals surface area contributed by atoms with Gasteiger partial charge in [-0.25, -0.2) is 51.9 Å². The van der Waals surface area contributed by atoms with Crippen molar-refractivity contribution in [1.29, 1.82) is 21.0 Å². The second-order valence-corrected chi connectivity index (χ2v) is 41.3. The summed E-state index contributed by atoms with van der Waals surface area (Å²) < 4.78 is 265. The van der Waals surface area contributed by atoms with E-state index in [1.54, 1.807) is 76.2 Å². The van der Waals surface area contributed by atoms with E-state index in [2.05, 4.69) is 76.2 Å². The maximum absolute atomic E-state index is 12.9. The van der Waals surface area contributed by atoms with Crippen LogP contribution in [0.4, 0.5) is 0 Å². The van der Waals surface area contributed by atoms with E-state index < -0.39 is 85.7 Å². The highest BCUT2D eigenvalue weighted by atomic mass is 32.2. The van der Waals surface area contributed by atoms with E-state index >= 15 is 0 Å². The number of benzene rings is 8. The van der Waals surface area contributed by atoms with E-state index in [-0.39, 0.29) is 198 Å². The van der Waals surface area contributed by atoms with Gasteiger partial charge in [0.25, 0.3) is 0 Å². The summed E-state index contributed by atoms with van der Waals surface area (Å²) in [7, 11) is -21.2. The Kier molecular flexibility index (Phi) is 31.9. The van der Waals surface area contributed by atoms with E-state index in [0.717, 1.165) is 115 Å². The molecule has 12 aromatic rings. The number of pyridine rings is 4. The zero-order valence-corrected chi connectivity index (χ0v) is 85.4. The van der Waals surface area contributed by atoms with Crippen LogP contribution in [0.15, 0.2) is 190 Å². The van der Waals surface area contributed by atoms with Crippen LogP contribution in [0.5, 0.6) is 69.0 Å². The van der Waals surface area contributed by atoms with Crippen LogP contribution in [0.2, 0.25) is 0 Å². The van der Waals surface area contributed by atoms with Gasteiger partial charge in [0.2, 0.25) is 27.2 Å². The van der Waals surface area contributed by atoms with Gasteiger partial charge in [-0.2, -0.15) is 21.0 Å². The first-order valence-corrected chi connectivity index (χ1v) is 53.5. The van der Waals surface area contributed by atoms with Crippen molar-refractivity contribution in [2.24, 2.45) is 0 Å². The molecule has 8 aromatic carbocycles. The summed E-state index contributed by atoms with van der Waals surface area (Å²) in [5, 5.41) is 39.1. The third kappa shape index (κ3) is 22.7. The maximum atomic E-state index is 12.9. The lowest BCUT2D eigenvalue weighted by Gasteiger charge is -2.35. The lowest BCUT2D eigenvalue weighted by Crippen LogP contribution is -2.36. The molecule has 36 nitrogen and oxygen atoms in total. The van der Waals surface area contributed by atoms with Crippen molar-refractivity contribution in [3.05, 3.63) is 304 Å². The summed E-state index contributed by atoms with van der Waals surface area (Å²) in [6.45, 7) is 16.8. The van der Waals surface area contributed by atoms with E-state index in [4.69, 9.17) is 75.8 Å². The molecule has 0 N–H and O–H groups in total. The molecule has 0 saturated carbocycles. The van der Waals surface area contributed by atoms with Gasteiger partial charge in [-0.3, -0.25) is 0 Å². The minimum absolute atomic E-state index is 0.00443. The van der Waals surface area contributed by atoms with E-state index in [1.807, 2.05) is 67.8 Å². The number of rotatable bonds is 32. The Balaban J connectivity index is 0.000000205. The molecular weight excluding hydrogens is 1990 g/mol. The molecule has 0 saturated heterocycles. The van der Waals surface area contributed by atoms with Gasteiger partial charge in [0.1, 0.15) is 158 Å². The highest BCUT2D eigenvalue weighted by molar-refractivity contribution is 7.86. The Bertz CT molecular complexity index is 6680. The molecule has 8 heterocycles. The summed E-state index contributed by atoms with van der Waals surface area (Å²) >= 11 is 0. The lowest BCUT2D eigenvalue weighted by atomic mass is 9.78. The molecule has 148 heavy (non-hydrogen) atoms. The Morgan fingerprint density at radius 1 is 0.277 bits per heavy atom. The first kappa shape index (κ1) is 105. The summed E-state index contributed by atoms with van der Waals surface area (Å²) in [4.78, 5) is -3.13. The smallest absolute Gasteiger partial charge is 0.230 e. The number of ether oxygens (including phenoxy) is 16. The number of nitriles is 4. The average molecular weight is 2090 g/mol. The van der Waals surface area contributed by atoms with Crippen molar-refractivity contribution in [1.82, 2.24) is 0 Å². The van der Waals surface area contributed by atoms with Crippen LogP contribution in [0.3, 0.4) is 0 Å². The van der Waals surface area contributed by atoms with Crippen molar-refractivity contribution in [3.8, 4) is 93.3 Å². The first-order chi connectivity index (χ1) is 71.2. The van der Waals surface area contributed by atoms with Crippen molar-refractivity contribution in [2.75, 3.05) is 106 Å². The predicted molar refractivity (Wildman–Crippen MR) is 519 cm³/mol. The van der Waals surface area contributed by atoms with Gasteiger partial charge in [0, 0.05) is 213 Å². The SMILES string of the molecule is CC1c2cc3c4c(C[n+]5ccc(C#N)cc5)c2OCOc2c1cc1c(c2C[n+]2ccc(C#N)cc2)OCOc2c(cc5c(c2C[n+]2ccc(C#N)cc2)OCOc2c(cc(c(c2C[n+]2ccc(C#N)cc2)OCO4)C3C)C5C)C1C.CCOCCOc1c2cc(S(=O)(=O)[O-])cc1Cc1cc(S(=O)(=O)[O-])cc(c1OCCOCC)Cc1cc(S(=O)(=O)[O-])cc(c1OCCOCC)Cc1cc(S(=O)(=O)[O-])cc(c1OCCOCC)C2. The van der Waals surface area contributed by atoms with Crippen LogP contribution in [-0.4, -0.2) is 158 Å². The number of fused-ring (bicyclic) bond motifs is 8. The van der Waals surface area contributed by atoms with E-state index in [9.17, 15) is 72.9 Å². The zero-order chi connectivity index (χ0) is 105. The molecule has 40 heteroatoms. The molecule has 768 valence electrons. The quantitative estimate of drug-likeness (QED) is 0.0215. The monoisotopic (exact) mass is 2090 g/mol. The van der Waals surface area contributed by atoms with Gasteiger partial charge in [0.05, 0.1) is 92.5 Å². The molecule has 4 aromatic heterocycles. The van der Waals surface area contributed by atoms with Crippen molar-refractivity contribution >= 4 is 40.5 Å².